The van der Waals surface area contributed by atoms with Gasteiger partial charge in [0.05, 0.1) is 13.2 Å². The van der Waals surface area contributed by atoms with Gasteiger partial charge in [-0.3, -0.25) is 9.59 Å². The molecule has 0 spiro atoms. The Labute approximate surface area is 118 Å². The van der Waals surface area contributed by atoms with Crippen LogP contribution in [0.2, 0.25) is 0 Å². The first-order chi connectivity index (χ1) is 9.65. The van der Waals surface area contributed by atoms with E-state index in [2.05, 4.69) is 0 Å². The van der Waals surface area contributed by atoms with E-state index in [-0.39, 0.29) is 24.1 Å². The predicted molar refractivity (Wildman–Crippen MR) is 69.1 cm³/mol. The van der Waals surface area contributed by atoms with E-state index in [1.165, 1.54) is 0 Å². The third-order valence-corrected chi connectivity index (χ3v) is 3.44. The Bertz CT molecular complexity index is 322. The zero-order valence-electron chi connectivity index (χ0n) is 12.0. The van der Waals surface area contributed by atoms with E-state index in [0.29, 0.717) is 26.1 Å². The molecule has 2 fully saturated rings. The third-order valence-electron chi connectivity index (χ3n) is 3.44. The molecule has 0 radical (unpaired) electrons. The molecule has 0 bridgehead atoms. The number of carbonyl (C=O) groups excluding carboxylic acids is 2. The molecular weight excluding hydrogens is 264 g/mol. The van der Waals surface area contributed by atoms with E-state index in [9.17, 15) is 9.59 Å². The minimum absolute atomic E-state index is 0.239. The summed E-state index contributed by atoms with van der Waals surface area (Å²) in [6, 6.07) is 0. The van der Waals surface area contributed by atoms with E-state index in [1.54, 1.807) is 0 Å². The summed E-state index contributed by atoms with van der Waals surface area (Å²) in [5.41, 5.74) is 0. The number of hydrogen-bond donors (Lipinski definition) is 0. The average Bonchev–Trinajstić information content (AvgIpc) is 2.95. The Morgan fingerprint density at radius 2 is 1.30 bits per heavy atom. The summed E-state index contributed by atoms with van der Waals surface area (Å²) in [5, 5.41) is 0. The molecule has 0 aromatic carbocycles. The fourth-order valence-electron chi connectivity index (χ4n) is 2.49. The van der Waals surface area contributed by atoms with Crippen molar-refractivity contribution < 1.29 is 28.5 Å². The minimum Gasteiger partial charge on any atom is -0.457 e. The summed E-state index contributed by atoms with van der Waals surface area (Å²) >= 11 is 0. The molecule has 2 rings (SSSR count). The van der Waals surface area contributed by atoms with E-state index >= 15 is 0 Å². The number of hydrogen-bond acceptors (Lipinski definition) is 6. The number of rotatable bonds is 6. The topological polar surface area (TPSA) is 71.1 Å². The Hall–Kier alpha value is -1.14. The van der Waals surface area contributed by atoms with Crippen LogP contribution in [0.1, 0.15) is 39.5 Å². The summed E-state index contributed by atoms with van der Waals surface area (Å²) in [6.45, 7) is 4.44. The minimum atomic E-state index is -0.395. The molecule has 2 aliphatic rings. The van der Waals surface area contributed by atoms with Crippen molar-refractivity contribution in [1.29, 1.82) is 0 Å². The first-order valence-corrected chi connectivity index (χ1v) is 7.27. The first kappa shape index (κ1) is 15.3. The van der Waals surface area contributed by atoms with Crippen LogP contribution < -0.4 is 0 Å². The van der Waals surface area contributed by atoms with Crippen LogP contribution in [0.5, 0.6) is 0 Å². The zero-order valence-corrected chi connectivity index (χ0v) is 12.0. The van der Waals surface area contributed by atoms with Crippen molar-refractivity contribution in [3.63, 3.8) is 0 Å². The van der Waals surface area contributed by atoms with Gasteiger partial charge in [0.25, 0.3) is 0 Å². The van der Waals surface area contributed by atoms with Crippen LogP contribution in [0.25, 0.3) is 0 Å². The molecule has 0 aliphatic carbocycles. The maximum atomic E-state index is 11.5. The Morgan fingerprint density at radius 3 is 1.65 bits per heavy atom. The van der Waals surface area contributed by atoms with Crippen molar-refractivity contribution in [1.82, 2.24) is 0 Å². The molecule has 0 saturated carbocycles. The van der Waals surface area contributed by atoms with Crippen LogP contribution in [-0.2, 0) is 28.5 Å². The van der Waals surface area contributed by atoms with Gasteiger partial charge in [-0.15, -0.1) is 0 Å². The molecule has 0 N–H and O–H groups in total. The lowest BCUT2D eigenvalue weighted by molar-refractivity contribution is -0.155. The Morgan fingerprint density at radius 1 is 0.900 bits per heavy atom. The highest BCUT2D eigenvalue weighted by molar-refractivity contribution is 5.70. The lowest BCUT2D eigenvalue weighted by atomic mass is 10.1. The van der Waals surface area contributed by atoms with Gasteiger partial charge in [-0.25, -0.2) is 0 Å². The average molecular weight is 286 g/mol. The Balaban J connectivity index is 1.84. The Kier molecular flexibility index (Phi) is 5.37. The lowest BCUT2D eigenvalue weighted by Crippen LogP contribution is -2.35. The fraction of sp³-hybridized carbons (Fsp3) is 0.857. The van der Waals surface area contributed by atoms with Crippen molar-refractivity contribution in [3.05, 3.63) is 0 Å². The van der Waals surface area contributed by atoms with Crippen molar-refractivity contribution in [2.24, 2.45) is 0 Å². The lowest BCUT2D eigenvalue weighted by Gasteiger charge is -2.17. The molecular formula is C14H22O6. The molecule has 0 amide bonds. The molecule has 2 heterocycles. The van der Waals surface area contributed by atoms with Gasteiger partial charge < -0.3 is 18.9 Å². The zero-order chi connectivity index (χ0) is 14.5. The van der Waals surface area contributed by atoms with E-state index in [1.807, 2.05) is 13.8 Å². The van der Waals surface area contributed by atoms with Crippen molar-refractivity contribution in [3.8, 4) is 0 Å². The maximum Gasteiger partial charge on any atom is 0.306 e. The van der Waals surface area contributed by atoms with Gasteiger partial charge in [0.1, 0.15) is 12.2 Å². The second kappa shape index (κ2) is 7.04. The largest absolute Gasteiger partial charge is 0.457 e. The predicted octanol–water partition coefficient (Wildman–Crippen LogP) is 1.21. The standard InChI is InChI=1S/C14H22O6/c1-3-5-11(15)19-9-7-17-14-10(8-18-13(9)14)20-12(16)6-4-2/h9-10,13-14H,3-8H2,1-2H3/t9-,10-,13-,14-/m1/s1. The summed E-state index contributed by atoms with van der Waals surface area (Å²) in [4.78, 5) is 23.0. The second-order valence-corrected chi connectivity index (χ2v) is 5.15. The monoisotopic (exact) mass is 286 g/mol. The van der Waals surface area contributed by atoms with Crippen molar-refractivity contribution in [2.75, 3.05) is 13.2 Å². The van der Waals surface area contributed by atoms with Gasteiger partial charge in [0, 0.05) is 12.8 Å². The maximum absolute atomic E-state index is 11.5. The number of fused-ring (bicyclic) bond motifs is 1. The van der Waals surface area contributed by atoms with Crippen molar-refractivity contribution >= 4 is 11.9 Å². The normalized spacial score (nSPS) is 31.9. The molecule has 0 aromatic rings. The molecule has 0 aromatic heterocycles. The second-order valence-electron chi connectivity index (χ2n) is 5.15. The van der Waals surface area contributed by atoms with Gasteiger partial charge in [-0.2, -0.15) is 0 Å². The first-order valence-electron chi connectivity index (χ1n) is 7.27. The van der Waals surface area contributed by atoms with E-state index in [4.69, 9.17) is 18.9 Å². The number of carbonyl (C=O) groups is 2. The van der Waals surface area contributed by atoms with Crippen LogP contribution in [0.3, 0.4) is 0 Å². The third kappa shape index (κ3) is 3.49. The van der Waals surface area contributed by atoms with Gasteiger partial charge in [-0.1, -0.05) is 13.8 Å². The summed E-state index contributed by atoms with van der Waals surface area (Å²) < 4.78 is 21.8. The highest BCUT2D eigenvalue weighted by Gasteiger charge is 2.51. The molecule has 6 heteroatoms. The summed E-state index contributed by atoms with van der Waals surface area (Å²) in [6.07, 6.45) is 0.844. The highest BCUT2D eigenvalue weighted by atomic mass is 16.7. The number of esters is 2. The molecule has 2 aliphatic heterocycles. The number of ether oxygens (including phenoxy) is 4. The van der Waals surface area contributed by atoms with E-state index in [0.717, 1.165) is 12.8 Å². The SMILES string of the molecule is CCCC(=O)O[C@@H]1CO[C@H]2[C@@H]1OC[C@H]2OC(=O)CCC. The summed E-state index contributed by atoms with van der Waals surface area (Å²) in [7, 11) is 0. The fourth-order valence-corrected chi connectivity index (χ4v) is 2.49. The molecule has 20 heavy (non-hydrogen) atoms. The van der Waals surface area contributed by atoms with Crippen LogP contribution in [0.15, 0.2) is 0 Å². The molecule has 6 nitrogen and oxygen atoms in total. The molecule has 2 saturated heterocycles. The molecule has 0 unspecified atom stereocenters. The van der Waals surface area contributed by atoms with Gasteiger partial charge >= 0.3 is 11.9 Å². The van der Waals surface area contributed by atoms with Crippen LogP contribution in [0, 0.1) is 0 Å². The molecule has 114 valence electrons. The van der Waals surface area contributed by atoms with E-state index < -0.39 is 12.2 Å². The molecule has 4 atom stereocenters. The van der Waals surface area contributed by atoms with Gasteiger partial charge in [-0.05, 0) is 12.8 Å². The quantitative estimate of drug-likeness (QED) is 0.683. The van der Waals surface area contributed by atoms with Crippen molar-refractivity contribution in [2.45, 2.75) is 63.9 Å². The van der Waals surface area contributed by atoms with Crippen LogP contribution >= 0.6 is 0 Å². The van der Waals surface area contributed by atoms with Crippen LogP contribution in [-0.4, -0.2) is 49.6 Å². The van der Waals surface area contributed by atoms with Gasteiger partial charge in [0.15, 0.2) is 12.2 Å². The highest BCUT2D eigenvalue weighted by Crippen LogP contribution is 2.31. The van der Waals surface area contributed by atoms with Gasteiger partial charge in [0.2, 0.25) is 0 Å². The summed E-state index contributed by atoms with van der Waals surface area (Å²) in [5.74, 6) is -0.478. The van der Waals surface area contributed by atoms with Crippen LogP contribution in [0.4, 0.5) is 0 Å². The smallest absolute Gasteiger partial charge is 0.306 e.